The van der Waals surface area contributed by atoms with Crippen LogP contribution >= 0.6 is 0 Å². The summed E-state index contributed by atoms with van der Waals surface area (Å²) < 4.78 is 0. The van der Waals surface area contributed by atoms with E-state index in [4.69, 9.17) is 0 Å². The second kappa shape index (κ2) is 7.57. The lowest BCUT2D eigenvalue weighted by atomic mass is 10.2. The number of aromatic nitrogens is 3. The lowest BCUT2D eigenvalue weighted by Crippen LogP contribution is -2.32. The topological polar surface area (TPSA) is 61.9 Å². The molecule has 112 valence electrons. The molecule has 0 unspecified atom stereocenters. The maximum Gasteiger partial charge on any atom is 0.293 e. The highest BCUT2D eigenvalue weighted by Crippen LogP contribution is 2.09. The number of H-pyrrole nitrogens is 1. The summed E-state index contributed by atoms with van der Waals surface area (Å²) in [7, 11) is 0. The van der Waals surface area contributed by atoms with Crippen molar-refractivity contribution in [3.8, 4) is 0 Å². The highest BCUT2D eigenvalue weighted by atomic mass is 16.2. The van der Waals surface area contributed by atoms with Crippen molar-refractivity contribution < 1.29 is 4.79 Å². The smallest absolute Gasteiger partial charge is 0.293 e. The van der Waals surface area contributed by atoms with Gasteiger partial charge in [-0.2, -0.15) is 0 Å². The highest BCUT2D eigenvalue weighted by Gasteiger charge is 2.19. The van der Waals surface area contributed by atoms with E-state index in [2.05, 4.69) is 29.0 Å². The van der Waals surface area contributed by atoms with E-state index in [1.54, 1.807) is 4.90 Å². The van der Waals surface area contributed by atoms with Gasteiger partial charge in [-0.25, -0.2) is 4.98 Å². The van der Waals surface area contributed by atoms with E-state index in [9.17, 15) is 4.79 Å². The average molecular weight is 286 g/mol. The van der Waals surface area contributed by atoms with Gasteiger partial charge in [-0.15, -0.1) is 5.10 Å². The summed E-state index contributed by atoms with van der Waals surface area (Å²) in [5.74, 6) is 0.930. The van der Waals surface area contributed by atoms with Crippen molar-refractivity contribution in [2.75, 3.05) is 6.54 Å². The average Bonchev–Trinajstić information content (AvgIpc) is 2.96. The molecule has 5 heteroatoms. The van der Waals surface area contributed by atoms with Gasteiger partial charge >= 0.3 is 0 Å². The molecule has 1 heterocycles. The van der Waals surface area contributed by atoms with Crippen LogP contribution in [0.4, 0.5) is 0 Å². The Morgan fingerprint density at radius 1 is 1.19 bits per heavy atom. The second-order valence-corrected chi connectivity index (χ2v) is 5.07. The largest absolute Gasteiger partial charge is 0.332 e. The zero-order chi connectivity index (χ0) is 15.1. The number of benzene rings is 1. The molecule has 0 spiro atoms. The van der Waals surface area contributed by atoms with Crippen LogP contribution in [-0.4, -0.2) is 32.5 Å². The molecule has 1 aromatic heterocycles. The molecule has 5 nitrogen and oxygen atoms in total. The predicted molar refractivity (Wildman–Crippen MR) is 81.9 cm³/mol. The zero-order valence-corrected chi connectivity index (χ0v) is 12.7. The molecule has 1 amide bonds. The van der Waals surface area contributed by atoms with Crippen LogP contribution in [0, 0.1) is 0 Å². The van der Waals surface area contributed by atoms with Gasteiger partial charge in [0, 0.05) is 19.5 Å². The van der Waals surface area contributed by atoms with Crippen molar-refractivity contribution >= 4 is 5.91 Å². The first kappa shape index (κ1) is 15.2. The Morgan fingerprint density at radius 2 is 1.95 bits per heavy atom. The molecule has 0 aliphatic rings. The summed E-state index contributed by atoms with van der Waals surface area (Å²) in [4.78, 5) is 18.6. The number of amides is 1. The minimum Gasteiger partial charge on any atom is -0.332 e. The van der Waals surface area contributed by atoms with Gasteiger partial charge in [0.1, 0.15) is 5.82 Å². The zero-order valence-electron chi connectivity index (χ0n) is 12.7. The first-order chi connectivity index (χ1) is 10.2. The van der Waals surface area contributed by atoms with Gasteiger partial charge in [0.25, 0.3) is 5.91 Å². The SMILES string of the molecule is CCCc1nc(C(=O)N(CCC)Cc2ccccc2)n[nH]1. The van der Waals surface area contributed by atoms with Gasteiger partial charge in [0.05, 0.1) is 0 Å². The molecule has 0 radical (unpaired) electrons. The minimum absolute atomic E-state index is 0.112. The molecule has 0 saturated heterocycles. The summed E-state index contributed by atoms with van der Waals surface area (Å²) in [5, 5.41) is 6.89. The molecule has 0 aliphatic heterocycles. The van der Waals surface area contributed by atoms with Gasteiger partial charge < -0.3 is 4.90 Å². The van der Waals surface area contributed by atoms with Crippen molar-refractivity contribution in [3.63, 3.8) is 0 Å². The molecule has 0 aliphatic carbocycles. The fourth-order valence-electron chi connectivity index (χ4n) is 2.21. The Morgan fingerprint density at radius 3 is 2.62 bits per heavy atom. The number of aromatic amines is 1. The fraction of sp³-hybridized carbons (Fsp3) is 0.438. The lowest BCUT2D eigenvalue weighted by Gasteiger charge is -2.20. The Hall–Kier alpha value is -2.17. The molecule has 1 aromatic carbocycles. The third-order valence-corrected chi connectivity index (χ3v) is 3.21. The molecule has 0 saturated carbocycles. The quantitative estimate of drug-likeness (QED) is 0.851. The van der Waals surface area contributed by atoms with Crippen LogP contribution in [0.15, 0.2) is 30.3 Å². The van der Waals surface area contributed by atoms with Crippen molar-refractivity contribution in [2.24, 2.45) is 0 Å². The highest BCUT2D eigenvalue weighted by molar-refractivity contribution is 5.90. The second-order valence-electron chi connectivity index (χ2n) is 5.07. The molecular formula is C16H22N4O. The van der Waals surface area contributed by atoms with E-state index in [-0.39, 0.29) is 11.7 Å². The minimum atomic E-state index is -0.112. The van der Waals surface area contributed by atoms with Crippen molar-refractivity contribution in [3.05, 3.63) is 47.5 Å². The monoisotopic (exact) mass is 286 g/mol. The van der Waals surface area contributed by atoms with Crippen LogP contribution in [0.25, 0.3) is 0 Å². The normalized spacial score (nSPS) is 10.6. The number of carbonyl (C=O) groups is 1. The Labute approximate surface area is 125 Å². The number of rotatable bonds is 7. The molecule has 2 rings (SSSR count). The summed E-state index contributed by atoms with van der Waals surface area (Å²) >= 11 is 0. The van der Waals surface area contributed by atoms with Crippen LogP contribution in [0.1, 0.15) is 48.7 Å². The van der Waals surface area contributed by atoms with E-state index in [0.29, 0.717) is 13.1 Å². The van der Waals surface area contributed by atoms with Crippen molar-refractivity contribution in [1.29, 1.82) is 0 Å². The number of nitrogens with one attached hydrogen (secondary N) is 1. The third-order valence-electron chi connectivity index (χ3n) is 3.21. The Balaban J connectivity index is 2.10. The van der Waals surface area contributed by atoms with E-state index < -0.39 is 0 Å². The maximum absolute atomic E-state index is 12.5. The van der Waals surface area contributed by atoms with Gasteiger partial charge in [0.15, 0.2) is 0 Å². The summed E-state index contributed by atoms with van der Waals surface area (Å²) in [5.41, 5.74) is 1.11. The van der Waals surface area contributed by atoms with Crippen LogP contribution < -0.4 is 0 Å². The number of hydrogen-bond donors (Lipinski definition) is 1. The van der Waals surface area contributed by atoms with Crippen LogP contribution in [-0.2, 0) is 13.0 Å². The summed E-state index contributed by atoms with van der Waals surface area (Å²) in [6, 6.07) is 9.99. The van der Waals surface area contributed by atoms with Crippen molar-refractivity contribution in [1.82, 2.24) is 20.1 Å². The first-order valence-electron chi connectivity index (χ1n) is 7.49. The Kier molecular flexibility index (Phi) is 5.49. The van der Waals surface area contributed by atoms with Crippen LogP contribution in [0.2, 0.25) is 0 Å². The van der Waals surface area contributed by atoms with E-state index in [1.165, 1.54) is 0 Å². The predicted octanol–water partition coefficient (Wildman–Crippen LogP) is 2.81. The number of nitrogens with zero attached hydrogens (tertiary/aromatic N) is 3. The fourth-order valence-corrected chi connectivity index (χ4v) is 2.21. The standard InChI is InChI=1S/C16H22N4O/c1-3-8-14-17-15(19-18-14)16(21)20(11-4-2)12-13-9-6-5-7-10-13/h5-7,9-10H,3-4,8,11-12H2,1-2H3,(H,17,18,19). The molecule has 0 atom stereocenters. The Bertz CT molecular complexity index is 565. The van der Waals surface area contributed by atoms with Gasteiger partial charge in [-0.1, -0.05) is 44.2 Å². The van der Waals surface area contributed by atoms with Gasteiger partial charge in [-0.05, 0) is 18.4 Å². The lowest BCUT2D eigenvalue weighted by molar-refractivity contribution is 0.0731. The molecule has 1 N–H and O–H groups in total. The molecule has 0 bridgehead atoms. The van der Waals surface area contributed by atoms with E-state index in [0.717, 1.165) is 30.7 Å². The van der Waals surface area contributed by atoms with Gasteiger partial charge in [0.2, 0.25) is 5.82 Å². The van der Waals surface area contributed by atoms with Crippen LogP contribution in [0.3, 0.4) is 0 Å². The summed E-state index contributed by atoms with van der Waals surface area (Å²) in [6.07, 6.45) is 2.70. The van der Waals surface area contributed by atoms with Crippen LogP contribution in [0.5, 0.6) is 0 Å². The number of carbonyl (C=O) groups excluding carboxylic acids is 1. The van der Waals surface area contributed by atoms with E-state index in [1.807, 2.05) is 30.3 Å². The van der Waals surface area contributed by atoms with Crippen molar-refractivity contribution in [2.45, 2.75) is 39.7 Å². The van der Waals surface area contributed by atoms with E-state index >= 15 is 0 Å². The van der Waals surface area contributed by atoms with Gasteiger partial charge in [-0.3, -0.25) is 9.89 Å². The molecular weight excluding hydrogens is 264 g/mol. The maximum atomic E-state index is 12.5. The molecule has 2 aromatic rings. The third kappa shape index (κ3) is 4.15. The molecule has 0 fully saturated rings. The summed E-state index contributed by atoms with van der Waals surface area (Å²) in [6.45, 7) is 5.42. The number of hydrogen-bond acceptors (Lipinski definition) is 3. The number of aryl methyl sites for hydroxylation is 1. The molecule has 21 heavy (non-hydrogen) atoms. The first-order valence-corrected chi connectivity index (χ1v) is 7.49.